The Balaban J connectivity index is 1.90. The van der Waals surface area contributed by atoms with E-state index in [1.807, 2.05) is 12.1 Å². The monoisotopic (exact) mass is 310 g/mol. The summed E-state index contributed by atoms with van der Waals surface area (Å²) in [7, 11) is 0. The number of hydrogen-bond donors (Lipinski definition) is 2. The third-order valence-electron chi connectivity index (χ3n) is 3.91. The SMILES string of the molecule is Oc1ccc(Br)c([C@@H](C2CC2)N2CCNCC2)c1. The van der Waals surface area contributed by atoms with Gasteiger partial charge in [-0.25, -0.2) is 0 Å². The maximum absolute atomic E-state index is 9.74. The molecule has 0 radical (unpaired) electrons. The van der Waals surface area contributed by atoms with E-state index in [-0.39, 0.29) is 0 Å². The van der Waals surface area contributed by atoms with Crippen molar-refractivity contribution in [3.05, 3.63) is 28.2 Å². The Kier molecular flexibility index (Phi) is 3.59. The van der Waals surface area contributed by atoms with Gasteiger partial charge in [0.25, 0.3) is 0 Å². The number of aromatic hydroxyl groups is 1. The van der Waals surface area contributed by atoms with Crippen LogP contribution < -0.4 is 5.32 Å². The van der Waals surface area contributed by atoms with Crippen LogP contribution in [0, 0.1) is 5.92 Å². The third-order valence-corrected chi connectivity index (χ3v) is 4.63. The van der Waals surface area contributed by atoms with E-state index in [1.165, 1.54) is 18.4 Å². The van der Waals surface area contributed by atoms with Crippen LogP contribution in [0.15, 0.2) is 22.7 Å². The van der Waals surface area contributed by atoms with Crippen LogP contribution in [0.5, 0.6) is 5.75 Å². The summed E-state index contributed by atoms with van der Waals surface area (Å²) in [5.74, 6) is 1.13. The normalized spacial score (nSPS) is 22.9. The summed E-state index contributed by atoms with van der Waals surface area (Å²) in [6, 6.07) is 6.10. The lowest BCUT2D eigenvalue weighted by Crippen LogP contribution is -2.45. The molecule has 1 aliphatic carbocycles. The summed E-state index contributed by atoms with van der Waals surface area (Å²) in [6.07, 6.45) is 2.63. The van der Waals surface area contributed by atoms with E-state index in [1.54, 1.807) is 6.07 Å². The average Bonchev–Trinajstić information content (AvgIpc) is 3.20. The number of nitrogens with zero attached hydrogens (tertiary/aromatic N) is 1. The van der Waals surface area contributed by atoms with Gasteiger partial charge in [-0.3, -0.25) is 4.90 Å². The number of phenolic OH excluding ortho intramolecular Hbond substituents is 1. The number of halogens is 1. The highest BCUT2D eigenvalue weighted by atomic mass is 79.9. The lowest BCUT2D eigenvalue weighted by molar-refractivity contribution is 0.155. The number of phenols is 1. The van der Waals surface area contributed by atoms with Gasteiger partial charge < -0.3 is 10.4 Å². The molecule has 3 rings (SSSR count). The van der Waals surface area contributed by atoms with Gasteiger partial charge in [0.2, 0.25) is 0 Å². The van der Waals surface area contributed by atoms with Crippen molar-refractivity contribution in [3.8, 4) is 5.75 Å². The Morgan fingerprint density at radius 3 is 2.67 bits per heavy atom. The zero-order valence-electron chi connectivity index (χ0n) is 10.4. The van der Waals surface area contributed by atoms with Gasteiger partial charge >= 0.3 is 0 Å². The molecule has 2 N–H and O–H groups in total. The summed E-state index contributed by atoms with van der Waals surface area (Å²) in [5.41, 5.74) is 1.25. The van der Waals surface area contributed by atoms with Crippen molar-refractivity contribution < 1.29 is 5.11 Å². The summed E-state index contributed by atoms with van der Waals surface area (Å²) < 4.78 is 1.12. The fraction of sp³-hybridized carbons (Fsp3) is 0.571. The fourth-order valence-corrected chi connectivity index (χ4v) is 3.36. The van der Waals surface area contributed by atoms with Crippen molar-refractivity contribution in [2.75, 3.05) is 26.2 Å². The van der Waals surface area contributed by atoms with E-state index >= 15 is 0 Å². The minimum absolute atomic E-state index is 0.369. The van der Waals surface area contributed by atoms with Crippen LogP contribution in [0.4, 0.5) is 0 Å². The van der Waals surface area contributed by atoms with Crippen LogP contribution >= 0.6 is 15.9 Å². The standard InChI is InChI=1S/C14H19BrN2O/c15-13-4-3-11(18)9-12(13)14(10-1-2-10)17-7-5-16-6-8-17/h3-4,9-10,14,16,18H,1-2,5-8H2/t14-/m1/s1. The molecule has 1 saturated carbocycles. The highest BCUT2D eigenvalue weighted by molar-refractivity contribution is 9.10. The molecule has 1 saturated heterocycles. The van der Waals surface area contributed by atoms with Gasteiger partial charge in [-0.1, -0.05) is 15.9 Å². The second-order valence-corrected chi connectivity index (χ2v) is 6.13. The van der Waals surface area contributed by atoms with Crippen molar-refractivity contribution in [1.82, 2.24) is 10.2 Å². The van der Waals surface area contributed by atoms with E-state index in [4.69, 9.17) is 0 Å². The van der Waals surface area contributed by atoms with E-state index in [2.05, 4.69) is 26.1 Å². The molecule has 0 aromatic heterocycles. The molecule has 98 valence electrons. The first-order valence-electron chi connectivity index (χ1n) is 6.69. The predicted molar refractivity (Wildman–Crippen MR) is 75.7 cm³/mol. The topological polar surface area (TPSA) is 35.5 Å². The van der Waals surface area contributed by atoms with E-state index in [9.17, 15) is 5.11 Å². The smallest absolute Gasteiger partial charge is 0.115 e. The van der Waals surface area contributed by atoms with Gasteiger partial charge in [0.1, 0.15) is 5.75 Å². The average molecular weight is 311 g/mol. The zero-order valence-corrected chi connectivity index (χ0v) is 12.0. The van der Waals surface area contributed by atoms with E-state index in [0.717, 1.165) is 36.6 Å². The van der Waals surface area contributed by atoms with E-state index < -0.39 is 0 Å². The van der Waals surface area contributed by atoms with Crippen LogP contribution in [0.1, 0.15) is 24.4 Å². The molecule has 1 aliphatic heterocycles. The first-order valence-corrected chi connectivity index (χ1v) is 7.48. The largest absolute Gasteiger partial charge is 0.508 e. The number of nitrogens with one attached hydrogen (secondary N) is 1. The molecule has 1 atom stereocenters. The Hall–Kier alpha value is -0.580. The van der Waals surface area contributed by atoms with Gasteiger partial charge in [-0.2, -0.15) is 0 Å². The van der Waals surface area contributed by atoms with Crippen LogP contribution in [-0.2, 0) is 0 Å². The number of piperazine rings is 1. The lowest BCUT2D eigenvalue weighted by atomic mass is 9.99. The molecular formula is C14H19BrN2O. The zero-order chi connectivity index (χ0) is 12.5. The molecule has 1 heterocycles. The van der Waals surface area contributed by atoms with E-state index in [0.29, 0.717) is 11.8 Å². The van der Waals surface area contributed by atoms with Crippen molar-refractivity contribution in [1.29, 1.82) is 0 Å². The maximum Gasteiger partial charge on any atom is 0.115 e. The molecule has 0 unspecified atom stereocenters. The third kappa shape index (κ3) is 2.56. The van der Waals surface area contributed by atoms with Gasteiger partial charge in [-0.15, -0.1) is 0 Å². The Morgan fingerprint density at radius 1 is 1.28 bits per heavy atom. The van der Waals surface area contributed by atoms with Gasteiger partial charge in [0.15, 0.2) is 0 Å². The second-order valence-electron chi connectivity index (χ2n) is 5.27. The molecule has 0 spiro atoms. The molecule has 2 aliphatic rings. The van der Waals surface area contributed by atoms with Gasteiger partial charge in [-0.05, 0) is 42.5 Å². The van der Waals surface area contributed by atoms with Crippen molar-refractivity contribution in [2.45, 2.75) is 18.9 Å². The molecular weight excluding hydrogens is 292 g/mol. The molecule has 18 heavy (non-hydrogen) atoms. The van der Waals surface area contributed by atoms with Crippen LogP contribution in [-0.4, -0.2) is 36.2 Å². The second kappa shape index (κ2) is 5.19. The number of benzene rings is 1. The Morgan fingerprint density at radius 2 is 2.00 bits per heavy atom. The van der Waals surface area contributed by atoms with Crippen LogP contribution in [0.3, 0.4) is 0 Å². The summed E-state index contributed by atoms with van der Waals surface area (Å²) in [4.78, 5) is 2.56. The van der Waals surface area contributed by atoms with Crippen molar-refractivity contribution in [2.24, 2.45) is 5.92 Å². The van der Waals surface area contributed by atoms with Crippen molar-refractivity contribution >= 4 is 15.9 Å². The first kappa shape index (κ1) is 12.5. The number of rotatable bonds is 3. The summed E-state index contributed by atoms with van der Waals surface area (Å²) in [6.45, 7) is 4.34. The summed E-state index contributed by atoms with van der Waals surface area (Å²) in [5, 5.41) is 13.1. The molecule has 4 heteroatoms. The minimum atomic E-state index is 0.369. The summed E-state index contributed by atoms with van der Waals surface area (Å²) >= 11 is 3.64. The fourth-order valence-electron chi connectivity index (χ4n) is 2.88. The van der Waals surface area contributed by atoms with Gasteiger partial charge in [0.05, 0.1) is 0 Å². The highest BCUT2D eigenvalue weighted by Crippen LogP contribution is 2.47. The predicted octanol–water partition coefficient (Wildman–Crippen LogP) is 2.51. The van der Waals surface area contributed by atoms with Gasteiger partial charge in [0, 0.05) is 36.7 Å². The number of hydrogen-bond acceptors (Lipinski definition) is 3. The quantitative estimate of drug-likeness (QED) is 0.900. The first-order chi connectivity index (χ1) is 8.75. The minimum Gasteiger partial charge on any atom is -0.508 e. The van der Waals surface area contributed by atoms with Crippen LogP contribution in [0.25, 0.3) is 0 Å². The molecule has 1 aromatic carbocycles. The maximum atomic E-state index is 9.74. The molecule has 0 bridgehead atoms. The molecule has 0 amide bonds. The van der Waals surface area contributed by atoms with Crippen LogP contribution in [0.2, 0.25) is 0 Å². The molecule has 1 aromatic rings. The highest BCUT2D eigenvalue weighted by Gasteiger charge is 2.37. The molecule has 3 nitrogen and oxygen atoms in total. The molecule has 2 fully saturated rings. The Labute approximate surface area is 116 Å². The van der Waals surface area contributed by atoms with Crippen molar-refractivity contribution in [3.63, 3.8) is 0 Å². The lowest BCUT2D eigenvalue weighted by Gasteiger charge is -2.36. The Bertz CT molecular complexity index is 428.